The first kappa shape index (κ1) is 11.0. The number of hydrazine groups is 1. The number of rotatable bonds is 2. The van der Waals surface area contributed by atoms with E-state index < -0.39 is 0 Å². The molecule has 0 saturated carbocycles. The molecule has 1 heterocycles. The summed E-state index contributed by atoms with van der Waals surface area (Å²) in [5.74, 6) is 6.75. The molecule has 1 rings (SSSR count). The Morgan fingerprint density at radius 2 is 2.00 bits per heavy atom. The van der Waals surface area contributed by atoms with Gasteiger partial charge in [-0.2, -0.15) is 0 Å². The minimum Gasteiger partial charge on any atom is -0.269 e. The molecule has 2 heteroatoms. The van der Waals surface area contributed by atoms with Gasteiger partial charge in [-0.15, -0.1) is 0 Å². The molecule has 78 valence electrons. The van der Waals surface area contributed by atoms with Crippen LogP contribution in [0.2, 0.25) is 0 Å². The van der Waals surface area contributed by atoms with Crippen LogP contribution in [-0.4, -0.2) is 17.6 Å². The molecule has 2 N–H and O–H groups in total. The Balaban J connectivity index is 2.51. The van der Waals surface area contributed by atoms with Crippen LogP contribution >= 0.6 is 0 Å². The molecule has 2 unspecified atom stereocenters. The van der Waals surface area contributed by atoms with Crippen molar-refractivity contribution in [1.29, 1.82) is 0 Å². The highest BCUT2D eigenvalue weighted by Crippen LogP contribution is 2.34. The van der Waals surface area contributed by atoms with Crippen molar-refractivity contribution in [3.05, 3.63) is 0 Å². The molecule has 0 bridgehead atoms. The van der Waals surface area contributed by atoms with Gasteiger partial charge in [0.05, 0.1) is 0 Å². The molecular weight excluding hydrogens is 160 g/mol. The molecule has 0 aromatic heterocycles. The topological polar surface area (TPSA) is 29.3 Å². The second-order valence-electron chi connectivity index (χ2n) is 5.53. The Hall–Kier alpha value is -0.0800. The van der Waals surface area contributed by atoms with E-state index >= 15 is 0 Å². The molecule has 1 aliphatic heterocycles. The van der Waals surface area contributed by atoms with Gasteiger partial charge in [0, 0.05) is 12.6 Å². The number of nitrogens with two attached hydrogens (primary N) is 1. The molecular formula is C11H24N2. The lowest BCUT2D eigenvalue weighted by Gasteiger charge is -2.28. The van der Waals surface area contributed by atoms with Crippen LogP contribution in [0, 0.1) is 11.3 Å². The van der Waals surface area contributed by atoms with Crippen LogP contribution < -0.4 is 5.84 Å². The van der Waals surface area contributed by atoms with Gasteiger partial charge in [0.1, 0.15) is 0 Å². The van der Waals surface area contributed by atoms with Gasteiger partial charge in [0.2, 0.25) is 0 Å². The molecule has 1 aliphatic rings. The Bertz CT molecular complexity index is 160. The van der Waals surface area contributed by atoms with Gasteiger partial charge in [-0.25, -0.2) is 5.01 Å². The molecule has 1 fully saturated rings. The van der Waals surface area contributed by atoms with E-state index in [9.17, 15) is 0 Å². The van der Waals surface area contributed by atoms with Crippen LogP contribution in [0.5, 0.6) is 0 Å². The Kier molecular flexibility index (Phi) is 3.36. The van der Waals surface area contributed by atoms with E-state index in [2.05, 4.69) is 27.7 Å². The summed E-state index contributed by atoms with van der Waals surface area (Å²) in [5.41, 5.74) is 0.448. The van der Waals surface area contributed by atoms with E-state index in [0.717, 1.165) is 12.5 Å². The van der Waals surface area contributed by atoms with Crippen LogP contribution in [-0.2, 0) is 0 Å². The molecule has 0 amide bonds. The van der Waals surface area contributed by atoms with Crippen LogP contribution in [0.15, 0.2) is 0 Å². The van der Waals surface area contributed by atoms with Crippen LogP contribution in [0.25, 0.3) is 0 Å². The van der Waals surface area contributed by atoms with E-state index in [4.69, 9.17) is 5.84 Å². The van der Waals surface area contributed by atoms with E-state index in [1.54, 1.807) is 0 Å². The minimum atomic E-state index is 0.448. The highest BCUT2D eigenvalue weighted by atomic mass is 15.4. The summed E-state index contributed by atoms with van der Waals surface area (Å²) < 4.78 is 0. The normalized spacial score (nSPS) is 31.2. The molecule has 0 aliphatic carbocycles. The SMILES string of the molecule is CCC1C(CC(C)(C)C)CCN1N. The zero-order valence-corrected chi connectivity index (χ0v) is 9.51. The largest absolute Gasteiger partial charge is 0.269 e. The van der Waals surface area contributed by atoms with Crippen molar-refractivity contribution >= 4 is 0 Å². The van der Waals surface area contributed by atoms with Crippen molar-refractivity contribution < 1.29 is 0 Å². The lowest BCUT2D eigenvalue weighted by atomic mass is 9.81. The van der Waals surface area contributed by atoms with Crippen molar-refractivity contribution in [2.75, 3.05) is 6.54 Å². The van der Waals surface area contributed by atoms with Crippen LogP contribution in [0.3, 0.4) is 0 Å². The molecule has 0 aromatic rings. The maximum Gasteiger partial charge on any atom is 0.0267 e. The molecule has 0 aromatic carbocycles. The van der Waals surface area contributed by atoms with Crippen molar-refractivity contribution in [3.63, 3.8) is 0 Å². The zero-order chi connectivity index (χ0) is 10.1. The molecule has 0 radical (unpaired) electrons. The molecule has 1 saturated heterocycles. The lowest BCUT2D eigenvalue weighted by Crippen LogP contribution is -2.38. The van der Waals surface area contributed by atoms with E-state index in [-0.39, 0.29) is 0 Å². The third kappa shape index (κ3) is 2.96. The minimum absolute atomic E-state index is 0.448. The van der Waals surface area contributed by atoms with E-state index in [1.165, 1.54) is 19.3 Å². The highest BCUT2D eigenvalue weighted by Gasteiger charge is 2.33. The van der Waals surface area contributed by atoms with Gasteiger partial charge >= 0.3 is 0 Å². The predicted octanol–water partition coefficient (Wildman–Crippen LogP) is 2.40. The average Bonchev–Trinajstić information content (AvgIpc) is 2.28. The van der Waals surface area contributed by atoms with E-state index in [1.807, 2.05) is 5.01 Å². The van der Waals surface area contributed by atoms with Gasteiger partial charge < -0.3 is 0 Å². The first-order valence-electron chi connectivity index (χ1n) is 5.45. The molecule has 0 spiro atoms. The Morgan fingerprint density at radius 3 is 2.46 bits per heavy atom. The third-order valence-electron chi connectivity index (χ3n) is 3.02. The summed E-state index contributed by atoms with van der Waals surface area (Å²) >= 11 is 0. The standard InChI is InChI=1S/C11H24N2/c1-5-10-9(6-7-13(10)12)8-11(2,3)4/h9-10H,5-8,12H2,1-4H3. The van der Waals surface area contributed by atoms with Gasteiger partial charge in [-0.1, -0.05) is 27.7 Å². The van der Waals surface area contributed by atoms with Gasteiger partial charge in [-0.05, 0) is 30.6 Å². The number of hydrogen-bond acceptors (Lipinski definition) is 2. The summed E-state index contributed by atoms with van der Waals surface area (Å²) in [7, 11) is 0. The van der Waals surface area contributed by atoms with Gasteiger partial charge in [-0.3, -0.25) is 5.84 Å². The zero-order valence-electron chi connectivity index (χ0n) is 9.51. The molecule has 2 atom stereocenters. The van der Waals surface area contributed by atoms with E-state index in [0.29, 0.717) is 11.5 Å². The number of nitrogens with zero attached hydrogens (tertiary/aromatic N) is 1. The third-order valence-corrected chi connectivity index (χ3v) is 3.02. The smallest absolute Gasteiger partial charge is 0.0267 e. The first-order chi connectivity index (χ1) is 5.94. The Morgan fingerprint density at radius 1 is 1.38 bits per heavy atom. The second-order valence-corrected chi connectivity index (χ2v) is 5.53. The maximum absolute atomic E-state index is 5.93. The fraction of sp³-hybridized carbons (Fsp3) is 1.00. The summed E-state index contributed by atoms with van der Waals surface area (Å²) in [6.45, 7) is 10.3. The Labute approximate surface area is 82.5 Å². The number of hydrogen-bond donors (Lipinski definition) is 1. The van der Waals surface area contributed by atoms with Gasteiger partial charge in [0.25, 0.3) is 0 Å². The monoisotopic (exact) mass is 184 g/mol. The first-order valence-corrected chi connectivity index (χ1v) is 5.45. The maximum atomic E-state index is 5.93. The van der Waals surface area contributed by atoms with Crippen molar-refractivity contribution in [2.24, 2.45) is 17.2 Å². The van der Waals surface area contributed by atoms with Crippen molar-refractivity contribution in [2.45, 2.75) is 53.0 Å². The average molecular weight is 184 g/mol. The lowest BCUT2D eigenvalue weighted by molar-refractivity contribution is 0.190. The quantitative estimate of drug-likeness (QED) is 0.668. The summed E-state index contributed by atoms with van der Waals surface area (Å²) in [6, 6.07) is 0.624. The highest BCUT2D eigenvalue weighted by molar-refractivity contribution is 4.85. The summed E-state index contributed by atoms with van der Waals surface area (Å²) in [6.07, 6.45) is 3.78. The fourth-order valence-corrected chi connectivity index (χ4v) is 2.54. The van der Waals surface area contributed by atoms with Crippen molar-refractivity contribution in [1.82, 2.24) is 5.01 Å². The molecule has 2 nitrogen and oxygen atoms in total. The summed E-state index contributed by atoms with van der Waals surface area (Å²) in [5, 5.41) is 2.04. The van der Waals surface area contributed by atoms with Gasteiger partial charge in [0.15, 0.2) is 0 Å². The second kappa shape index (κ2) is 3.97. The van der Waals surface area contributed by atoms with Crippen molar-refractivity contribution in [3.8, 4) is 0 Å². The fourth-order valence-electron chi connectivity index (χ4n) is 2.54. The van der Waals surface area contributed by atoms with Crippen LogP contribution in [0.1, 0.15) is 47.0 Å². The van der Waals surface area contributed by atoms with Crippen LogP contribution in [0.4, 0.5) is 0 Å². The molecule has 13 heavy (non-hydrogen) atoms. The summed E-state index contributed by atoms with van der Waals surface area (Å²) in [4.78, 5) is 0. The predicted molar refractivity (Wildman–Crippen MR) is 57.2 cm³/mol.